The molecule has 27 heavy (non-hydrogen) atoms. The summed E-state index contributed by atoms with van der Waals surface area (Å²) in [5, 5.41) is 0. The Labute approximate surface area is 165 Å². The lowest BCUT2D eigenvalue weighted by atomic mass is 9.84. The Morgan fingerprint density at radius 3 is 2.41 bits per heavy atom. The summed E-state index contributed by atoms with van der Waals surface area (Å²) in [6.45, 7) is 6.87. The summed E-state index contributed by atoms with van der Waals surface area (Å²) in [4.78, 5) is 0. The largest absolute Gasteiger partial charge is 0.0649 e. The smallest absolute Gasteiger partial charge is 0.00549 e. The van der Waals surface area contributed by atoms with E-state index in [-0.39, 0.29) is 0 Å². The highest BCUT2D eigenvalue weighted by atomic mass is 14.3. The fourth-order valence-corrected chi connectivity index (χ4v) is 5.03. The molecular formula is C27H34. The Morgan fingerprint density at radius 2 is 1.70 bits per heavy atom. The summed E-state index contributed by atoms with van der Waals surface area (Å²) in [5.74, 6) is 1.57. The molecule has 2 aromatic rings. The maximum Gasteiger partial charge on any atom is -0.00549 e. The molecule has 2 aliphatic carbocycles. The number of rotatable bonds is 5. The van der Waals surface area contributed by atoms with Crippen molar-refractivity contribution in [3.05, 3.63) is 64.2 Å². The van der Waals surface area contributed by atoms with Crippen molar-refractivity contribution in [1.82, 2.24) is 0 Å². The molecule has 0 aliphatic heterocycles. The fourth-order valence-electron chi connectivity index (χ4n) is 5.03. The summed E-state index contributed by atoms with van der Waals surface area (Å²) in [7, 11) is 0. The van der Waals surface area contributed by atoms with Crippen molar-refractivity contribution in [2.45, 2.75) is 78.1 Å². The lowest BCUT2D eigenvalue weighted by Crippen LogP contribution is -2.07. The van der Waals surface area contributed by atoms with Crippen molar-refractivity contribution in [3.63, 3.8) is 0 Å². The summed E-state index contributed by atoms with van der Waals surface area (Å²) in [6, 6.07) is 14.0. The zero-order chi connectivity index (χ0) is 18.8. The van der Waals surface area contributed by atoms with E-state index < -0.39 is 0 Å². The van der Waals surface area contributed by atoms with Gasteiger partial charge in [0.15, 0.2) is 0 Å². The van der Waals surface area contributed by atoms with Gasteiger partial charge in [0.2, 0.25) is 0 Å². The number of benzene rings is 2. The van der Waals surface area contributed by atoms with Crippen LogP contribution in [0, 0.1) is 12.8 Å². The maximum atomic E-state index is 2.54. The van der Waals surface area contributed by atoms with Crippen LogP contribution in [0.1, 0.15) is 87.0 Å². The van der Waals surface area contributed by atoms with E-state index in [2.05, 4.69) is 63.2 Å². The molecule has 2 aliphatic rings. The first-order valence-corrected chi connectivity index (χ1v) is 11.1. The van der Waals surface area contributed by atoms with E-state index in [1.54, 1.807) is 11.1 Å². The van der Waals surface area contributed by atoms with Gasteiger partial charge in [-0.2, -0.15) is 0 Å². The zero-order valence-electron chi connectivity index (χ0n) is 17.4. The maximum absolute atomic E-state index is 2.54. The second kappa shape index (κ2) is 8.05. The third kappa shape index (κ3) is 3.91. The molecule has 1 atom stereocenters. The normalized spacial score (nSPS) is 18.3. The molecule has 0 heteroatoms. The van der Waals surface area contributed by atoms with Gasteiger partial charge in [0.05, 0.1) is 0 Å². The third-order valence-corrected chi connectivity index (χ3v) is 7.02. The van der Waals surface area contributed by atoms with Gasteiger partial charge in [-0.25, -0.2) is 0 Å². The summed E-state index contributed by atoms with van der Waals surface area (Å²) in [5.41, 5.74) is 10.4. The van der Waals surface area contributed by atoms with Crippen molar-refractivity contribution in [1.29, 1.82) is 0 Å². The number of aryl methyl sites for hydroxylation is 1. The van der Waals surface area contributed by atoms with Gasteiger partial charge in [-0.3, -0.25) is 0 Å². The second-order valence-corrected chi connectivity index (χ2v) is 8.94. The van der Waals surface area contributed by atoms with Crippen molar-refractivity contribution in [2.75, 3.05) is 0 Å². The van der Waals surface area contributed by atoms with E-state index in [1.807, 2.05) is 0 Å². The van der Waals surface area contributed by atoms with Crippen LogP contribution in [0.2, 0.25) is 0 Å². The van der Waals surface area contributed by atoms with Crippen molar-refractivity contribution < 1.29 is 0 Å². The standard InChI is InChI=1S/C27H34/c1-4-19(2)23-11-13-24(14-12-23)25-15-10-20(3)26-17-22(18-27(25)26)16-21-8-6-5-7-9-21/h10-15,18-19,21H,4-9,16-17H2,1-3H3. The topological polar surface area (TPSA) is 0 Å². The molecule has 0 nitrogen and oxygen atoms in total. The summed E-state index contributed by atoms with van der Waals surface area (Å²) >= 11 is 0. The molecule has 1 unspecified atom stereocenters. The van der Waals surface area contributed by atoms with E-state index >= 15 is 0 Å². The quantitative estimate of drug-likeness (QED) is 0.506. The first-order chi connectivity index (χ1) is 13.2. The van der Waals surface area contributed by atoms with Crippen molar-refractivity contribution in [3.8, 4) is 11.1 Å². The van der Waals surface area contributed by atoms with Crippen LogP contribution in [-0.4, -0.2) is 0 Å². The molecule has 0 N–H and O–H groups in total. The summed E-state index contributed by atoms with van der Waals surface area (Å²) in [6.07, 6.45) is 13.5. The van der Waals surface area contributed by atoms with E-state index in [4.69, 9.17) is 0 Å². The Balaban J connectivity index is 1.61. The highest BCUT2D eigenvalue weighted by molar-refractivity contribution is 5.81. The minimum atomic E-state index is 0.643. The fraction of sp³-hybridized carbons (Fsp3) is 0.481. The van der Waals surface area contributed by atoms with Crippen LogP contribution < -0.4 is 0 Å². The molecule has 0 aromatic heterocycles. The Bertz CT molecular complexity index is 816. The van der Waals surface area contributed by atoms with E-state index in [9.17, 15) is 0 Å². The van der Waals surface area contributed by atoms with E-state index in [0.29, 0.717) is 5.92 Å². The number of allylic oxidation sites excluding steroid dienone is 1. The SMILES string of the molecule is CCC(C)c1ccc(-c2ccc(C)c3c2C=C(CC2CCCCC2)C3)cc1. The second-order valence-electron chi connectivity index (χ2n) is 8.94. The molecule has 0 bridgehead atoms. The van der Waals surface area contributed by atoms with Gasteiger partial charge in [-0.15, -0.1) is 0 Å². The van der Waals surface area contributed by atoms with Crippen molar-refractivity contribution in [2.24, 2.45) is 5.92 Å². The Kier molecular flexibility index (Phi) is 5.53. The molecule has 1 fully saturated rings. The van der Waals surface area contributed by atoms with E-state index in [0.717, 1.165) is 5.92 Å². The first kappa shape index (κ1) is 18.5. The van der Waals surface area contributed by atoms with Crippen LogP contribution in [-0.2, 0) is 6.42 Å². The lowest BCUT2D eigenvalue weighted by molar-refractivity contribution is 0.355. The van der Waals surface area contributed by atoms with E-state index in [1.165, 1.54) is 79.2 Å². The van der Waals surface area contributed by atoms with Crippen LogP contribution in [0.5, 0.6) is 0 Å². The van der Waals surface area contributed by atoms with Gasteiger partial charge in [0.1, 0.15) is 0 Å². The molecule has 0 radical (unpaired) electrons. The molecule has 4 rings (SSSR count). The average Bonchev–Trinajstić information content (AvgIpc) is 3.13. The number of fused-ring (bicyclic) bond motifs is 1. The molecule has 0 amide bonds. The van der Waals surface area contributed by atoms with Gasteiger partial charge in [-0.1, -0.05) is 94.0 Å². The third-order valence-electron chi connectivity index (χ3n) is 7.02. The Hall–Kier alpha value is -1.82. The van der Waals surface area contributed by atoms with Gasteiger partial charge < -0.3 is 0 Å². The molecule has 2 aromatic carbocycles. The molecule has 0 saturated heterocycles. The predicted molar refractivity (Wildman–Crippen MR) is 118 cm³/mol. The Morgan fingerprint density at radius 1 is 0.963 bits per heavy atom. The van der Waals surface area contributed by atoms with Crippen LogP contribution in [0.3, 0.4) is 0 Å². The molecule has 142 valence electrons. The molecule has 0 spiro atoms. The zero-order valence-corrected chi connectivity index (χ0v) is 17.4. The molecule has 0 heterocycles. The van der Waals surface area contributed by atoms with Crippen LogP contribution in [0.25, 0.3) is 17.2 Å². The minimum absolute atomic E-state index is 0.643. The monoisotopic (exact) mass is 358 g/mol. The first-order valence-electron chi connectivity index (χ1n) is 11.1. The van der Waals surface area contributed by atoms with Crippen LogP contribution >= 0.6 is 0 Å². The average molecular weight is 359 g/mol. The number of hydrogen-bond donors (Lipinski definition) is 0. The van der Waals surface area contributed by atoms with Gasteiger partial charge in [-0.05, 0) is 71.4 Å². The molecular weight excluding hydrogens is 324 g/mol. The highest BCUT2D eigenvalue weighted by Gasteiger charge is 2.22. The van der Waals surface area contributed by atoms with Gasteiger partial charge in [0, 0.05) is 0 Å². The highest BCUT2D eigenvalue weighted by Crippen LogP contribution is 2.40. The molecule has 1 saturated carbocycles. The van der Waals surface area contributed by atoms with Crippen LogP contribution in [0.15, 0.2) is 42.0 Å². The predicted octanol–water partition coefficient (Wildman–Crippen LogP) is 8.09. The lowest BCUT2D eigenvalue weighted by Gasteiger charge is -2.21. The minimum Gasteiger partial charge on any atom is -0.0649 e. The summed E-state index contributed by atoms with van der Waals surface area (Å²) < 4.78 is 0. The van der Waals surface area contributed by atoms with Crippen LogP contribution in [0.4, 0.5) is 0 Å². The van der Waals surface area contributed by atoms with Gasteiger partial charge >= 0.3 is 0 Å². The number of hydrogen-bond acceptors (Lipinski definition) is 0. The van der Waals surface area contributed by atoms with Gasteiger partial charge in [0.25, 0.3) is 0 Å². The van der Waals surface area contributed by atoms with Crippen molar-refractivity contribution >= 4 is 6.08 Å².